The fourth-order valence-electron chi connectivity index (χ4n) is 2.53. The zero-order chi connectivity index (χ0) is 14.4. The zero-order valence-electron chi connectivity index (χ0n) is 12.6. The normalized spacial score (nSPS) is 19.9. The Hall–Kier alpha value is -1.40. The highest BCUT2D eigenvalue weighted by atomic mass is 16.5. The van der Waals surface area contributed by atoms with E-state index in [1.54, 1.807) is 7.11 Å². The van der Waals surface area contributed by atoms with Crippen LogP contribution < -0.4 is 10.6 Å². The molecule has 0 saturated carbocycles. The Morgan fingerprint density at radius 2 is 2.20 bits per heavy atom. The monoisotopic (exact) mass is 279 g/mol. The molecule has 2 N–H and O–H groups in total. The van der Waals surface area contributed by atoms with Gasteiger partial charge in [0, 0.05) is 32.3 Å². The number of nitrogens with one attached hydrogen (secondary N) is 2. The van der Waals surface area contributed by atoms with Crippen LogP contribution in [0.2, 0.25) is 0 Å². The van der Waals surface area contributed by atoms with Gasteiger partial charge in [0.25, 0.3) is 0 Å². The topological polar surface area (TPSA) is 62.3 Å². The molecule has 1 unspecified atom stereocenters. The van der Waals surface area contributed by atoms with Gasteiger partial charge >= 0.3 is 0 Å². The van der Waals surface area contributed by atoms with Gasteiger partial charge in [-0.05, 0) is 33.4 Å². The van der Waals surface area contributed by atoms with Gasteiger partial charge in [0.1, 0.15) is 18.2 Å². The van der Waals surface area contributed by atoms with E-state index < -0.39 is 0 Å². The first-order chi connectivity index (χ1) is 9.71. The SMILES string of the molecule is CCNc1cc(NC2CCCN(C)C2)nc(COC)n1. The number of nitrogens with zero attached hydrogens (tertiary/aromatic N) is 3. The van der Waals surface area contributed by atoms with Crippen molar-refractivity contribution < 1.29 is 4.74 Å². The molecule has 1 aliphatic heterocycles. The Kier molecular flexibility index (Phi) is 5.55. The number of likely N-dealkylation sites (tertiary alicyclic amines) is 1. The summed E-state index contributed by atoms with van der Waals surface area (Å²) in [5.74, 6) is 2.43. The number of methoxy groups -OCH3 is 1. The third-order valence-electron chi connectivity index (χ3n) is 3.38. The third kappa shape index (κ3) is 4.31. The summed E-state index contributed by atoms with van der Waals surface area (Å²) >= 11 is 0. The van der Waals surface area contributed by atoms with Gasteiger partial charge in [-0.2, -0.15) is 0 Å². The van der Waals surface area contributed by atoms with Crippen LogP contribution in [0, 0.1) is 0 Å². The molecule has 1 aromatic heterocycles. The van der Waals surface area contributed by atoms with E-state index in [4.69, 9.17) is 4.74 Å². The van der Waals surface area contributed by atoms with Gasteiger partial charge in [-0.25, -0.2) is 9.97 Å². The molecular weight excluding hydrogens is 254 g/mol. The molecule has 1 atom stereocenters. The maximum absolute atomic E-state index is 5.13. The second-order valence-corrected chi connectivity index (χ2v) is 5.26. The molecule has 0 aromatic carbocycles. The average Bonchev–Trinajstić information content (AvgIpc) is 2.39. The smallest absolute Gasteiger partial charge is 0.158 e. The molecule has 1 aromatic rings. The average molecular weight is 279 g/mol. The fraction of sp³-hybridized carbons (Fsp3) is 0.714. The van der Waals surface area contributed by atoms with Crippen molar-refractivity contribution in [1.82, 2.24) is 14.9 Å². The lowest BCUT2D eigenvalue weighted by molar-refractivity contribution is 0.178. The molecular formula is C14H25N5O. The number of hydrogen-bond acceptors (Lipinski definition) is 6. The Bertz CT molecular complexity index is 402. The van der Waals surface area contributed by atoms with Gasteiger partial charge in [-0.3, -0.25) is 0 Å². The van der Waals surface area contributed by atoms with E-state index in [0.717, 1.165) is 24.7 Å². The van der Waals surface area contributed by atoms with Crippen molar-refractivity contribution in [1.29, 1.82) is 0 Å². The minimum Gasteiger partial charge on any atom is -0.377 e. The minimum absolute atomic E-state index is 0.429. The first kappa shape index (κ1) is 15.0. The van der Waals surface area contributed by atoms with Crippen LogP contribution in [0.1, 0.15) is 25.6 Å². The Labute approximate surface area is 120 Å². The molecule has 1 saturated heterocycles. The minimum atomic E-state index is 0.429. The summed E-state index contributed by atoms with van der Waals surface area (Å²) in [6, 6.07) is 2.42. The summed E-state index contributed by atoms with van der Waals surface area (Å²) in [7, 11) is 3.82. The molecule has 2 rings (SSSR count). The summed E-state index contributed by atoms with van der Waals surface area (Å²) < 4.78 is 5.13. The first-order valence-corrected chi connectivity index (χ1v) is 7.27. The molecule has 112 valence electrons. The van der Waals surface area contributed by atoms with E-state index in [9.17, 15) is 0 Å². The van der Waals surface area contributed by atoms with Crippen molar-refractivity contribution in [2.45, 2.75) is 32.4 Å². The highest BCUT2D eigenvalue weighted by Crippen LogP contribution is 2.17. The van der Waals surface area contributed by atoms with Gasteiger partial charge < -0.3 is 20.3 Å². The lowest BCUT2D eigenvalue weighted by Gasteiger charge is -2.30. The molecule has 0 radical (unpaired) electrons. The van der Waals surface area contributed by atoms with Gasteiger partial charge in [-0.1, -0.05) is 0 Å². The van der Waals surface area contributed by atoms with Crippen LogP contribution in [-0.2, 0) is 11.3 Å². The molecule has 6 nitrogen and oxygen atoms in total. The van der Waals surface area contributed by atoms with E-state index in [-0.39, 0.29) is 0 Å². The number of ether oxygens (including phenoxy) is 1. The molecule has 0 aliphatic carbocycles. The quantitative estimate of drug-likeness (QED) is 0.824. The van der Waals surface area contributed by atoms with Gasteiger partial charge in [0.05, 0.1) is 0 Å². The highest BCUT2D eigenvalue weighted by Gasteiger charge is 2.17. The Morgan fingerprint density at radius 3 is 2.90 bits per heavy atom. The molecule has 0 spiro atoms. The van der Waals surface area contributed by atoms with Crippen molar-refractivity contribution >= 4 is 11.6 Å². The van der Waals surface area contributed by atoms with E-state index >= 15 is 0 Å². The third-order valence-corrected chi connectivity index (χ3v) is 3.38. The van der Waals surface area contributed by atoms with E-state index in [1.807, 2.05) is 6.07 Å². The predicted molar refractivity (Wildman–Crippen MR) is 81.1 cm³/mol. The van der Waals surface area contributed by atoms with Crippen molar-refractivity contribution in [2.24, 2.45) is 0 Å². The summed E-state index contributed by atoms with van der Waals surface area (Å²) in [6.07, 6.45) is 2.41. The molecule has 1 aliphatic rings. The fourth-order valence-corrected chi connectivity index (χ4v) is 2.53. The number of aromatic nitrogens is 2. The van der Waals surface area contributed by atoms with Crippen molar-refractivity contribution in [2.75, 3.05) is 44.4 Å². The van der Waals surface area contributed by atoms with Crippen LogP contribution in [0.15, 0.2) is 6.07 Å². The molecule has 1 fully saturated rings. The number of rotatable bonds is 6. The summed E-state index contributed by atoms with van der Waals surface area (Å²) in [4.78, 5) is 11.3. The standard InChI is InChI=1S/C14H25N5O/c1-4-15-12-8-13(18-14(17-12)10-20-3)16-11-6-5-7-19(2)9-11/h8,11H,4-7,9-10H2,1-3H3,(H2,15,16,17,18). The lowest BCUT2D eigenvalue weighted by atomic mass is 10.1. The number of anilines is 2. The van der Waals surface area contributed by atoms with Crippen molar-refractivity contribution in [3.05, 3.63) is 11.9 Å². The van der Waals surface area contributed by atoms with Crippen LogP contribution in [-0.4, -0.2) is 54.7 Å². The van der Waals surface area contributed by atoms with Gasteiger partial charge in [0.15, 0.2) is 5.82 Å². The van der Waals surface area contributed by atoms with Crippen LogP contribution >= 0.6 is 0 Å². The summed E-state index contributed by atoms with van der Waals surface area (Å²) in [5, 5.41) is 6.76. The maximum Gasteiger partial charge on any atom is 0.158 e. The largest absolute Gasteiger partial charge is 0.377 e. The first-order valence-electron chi connectivity index (χ1n) is 7.27. The van der Waals surface area contributed by atoms with Crippen LogP contribution in [0.4, 0.5) is 11.6 Å². The number of hydrogen-bond donors (Lipinski definition) is 2. The number of likely N-dealkylation sites (N-methyl/N-ethyl adjacent to an activating group) is 1. The van der Waals surface area contributed by atoms with Crippen molar-refractivity contribution in [3.8, 4) is 0 Å². The van der Waals surface area contributed by atoms with Crippen molar-refractivity contribution in [3.63, 3.8) is 0 Å². The van der Waals surface area contributed by atoms with E-state index in [2.05, 4.69) is 39.5 Å². The van der Waals surface area contributed by atoms with Gasteiger partial charge in [-0.15, -0.1) is 0 Å². The second kappa shape index (κ2) is 7.40. The predicted octanol–water partition coefficient (Wildman–Crippen LogP) is 1.56. The Morgan fingerprint density at radius 1 is 1.40 bits per heavy atom. The molecule has 0 amide bonds. The van der Waals surface area contributed by atoms with E-state index in [0.29, 0.717) is 18.5 Å². The summed E-state index contributed by atoms with van der Waals surface area (Å²) in [6.45, 7) is 5.56. The lowest BCUT2D eigenvalue weighted by Crippen LogP contribution is -2.40. The van der Waals surface area contributed by atoms with Crippen LogP contribution in [0.5, 0.6) is 0 Å². The van der Waals surface area contributed by atoms with E-state index in [1.165, 1.54) is 19.4 Å². The summed E-state index contributed by atoms with van der Waals surface area (Å²) in [5.41, 5.74) is 0. The molecule has 2 heterocycles. The molecule has 20 heavy (non-hydrogen) atoms. The van der Waals surface area contributed by atoms with Crippen LogP contribution in [0.3, 0.4) is 0 Å². The maximum atomic E-state index is 5.13. The Balaban J connectivity index is 2.08. The second-order valence-electron chi connectivity index (χ2n) is 5.26. The highest BCUT2D eigenvalue weighted by molar-refractivity contribution is 5.48. The van der Waals surface area contributed by atoms with Gasteiger partial charge in [0.2, 0.25) is 0 Å². The van der Waals surface area contributed by atoms with Crippen LogP contribution in [0.25, 0.3) is 0 Å². The zero-order valence-corrected chi connectivity index (χ0v) is 12.6. The number of piperidine rings is 1. The molecule has 6 heteroatoms. The molecule has 0 bridgehead atoms.